The van der Waals surface area contributed by atoms with Crippen molar-refractivity contribution in [2.75, 3.05) is 6.54 Å². The normalized spacial score (nSPS) is 21.1. The van der Waals surface area contributed by atoms with Gasteiger partial charge in [-0.05, 0) is 54.6 Å². The average Bonchev–Trinajstić information content (AvgIpc) is 3.17. The van der Waals surface area contributed by atoms with Crippen molar-refractivity contribution in [3.05, 3.63) is 44.8 Å². The Morgan fingerprint density at radius 3 is 2.37 bits per heavy atom. The number of thiophene rings is 2. The molecule has 0 aromatic carbocycles. The summed E-state index contributed by atoms with van der Waals surface area (Å²) >= 11 is 3.80. The molecule has 3 rings (SSSR count). The van der Waals surface area contributed by atoms with Crippen molar-refractivity contribution in [1.82, 2.24) is 5.32 Å². The van der Waals surface area contributed by atoms with Gasteiger partial charge in [-0.2, -0.15) is 0 Å². The minimum atomic E-state index is 0.595. The van der Waals surface area contributed by atoms with E-state index >= 15 is 0 Å². The molecule has 1 saturated heterocycles. The maximum atomic E-state index is 3.66. The first-order chi connectivity index (χ1) is 9.34. The van der Waals surface area contributed by atoms with Crippen LogP contribution >= 0.6 is 22.7 Å². The molecule has 1 aliphatic heterocycles. The summed E-state index contributed by atoms with van der Waals surface area (Å²) in [5.74, 6) is 1.34. The van der Waals surface area contributed by atoms with Crippen LogP contribution < -0.4 is 5.32 Å². The van der Waals surface area contributed by atoms with Crippen LogP contribution in [0.4, 0.5) is 0 Å². The van der Waals surface area contributed by atoms with E-state index < -0.39 is 0 Å². The Hall–Kier alpha value is -0.640. The van der Waals surface area contributed by atoms with Gasteiger partial charge in [0.25, 0.3) is 0 Å². The Morgan fingerprint density at radius 2 is 1.89 bits per heavy atom. The highest BCUT2D eigenvalue weighted by molar-refractivity contribution is 7.11. The van der Waals surface area contributed by atoms with E-state index in [-0.39, 0.29) is 0 Å². The SMILES string of the molecule is CC(CC(c1cccs1)c1cccs1)C1CCCN1. The van der Waals surface area contributed by atoms with Gasteiger partial charge >= 0.3 is 0 Å². The maximum absolute atomic E-state index is 3.66. The molecule has 2 aromatic heterocycles. The highest BCUT2D eigenvalue weighted by Gasteiger charge is 2.26. The van der Waals surface area contributed by atoms with E-state index in [4.69, 9.17) is 0 Å². The molecule has 0 aliphatic carbocycles. The molecule has 1 aliphatic rings. The molecule has 0 radical (unpaired) electrons. The summed E-state index contributed by atoms with van der Waals surface area (Å²) in [5, 5.41) is 8.06. The molecule has 1 N–H and O–H groups in total. The molecular weight excluding hydrogens is 270 g/mol. The smallest absolute Gasteiger partial charge is 0.0281 e. The van der Waals surface area contributed by atoms with E-state index in [1.807, 2.05) is 22.7 Å². The average molecular weight is 291 g/mol. The van der Waals surface area contributed by atoms with Gasteiger partial charge in [-0.3, -0.25) is 0 Å². The molecule has 2 aromatic rings. The lowest BCUT2D eigenvalue weighted by atomic mass is 9.88. The predicted octanol–water partition coefficient (Wildman–Crippen LogP) is 4.72. The molecule has 102 valence electrons. The summed E-state index contributed by atoms with van der Waals surface area (Å²) in [6.07, 6.45) is 3.96. The highest BCUT2D eigenvalue weighted by atomic mass is 32.1. The van der Waals surface area contributed by atoms with E-state index in [0.29, 0.717) is 5.92 Å². The van der Waals surface area contributed by atoms with Crippen LogP contribution in [0.3, 0.4) is 0 Å². The third-order valence-electron chi connectivity index (χ3n) is 4.17. The fourth-order valence-corrected chi connectivity index (χ4v) is 4.88. The molecule has 0 bridgehead atoms. The molecule has 3 heteroatoms. The van der Waals surface area contributed by atoms with Crippen molar-refractivity contribution in [2.45, 2.75) is 38.1 Å². The first kappa shape index (κ1) is 13.3. The van der Waals surface area contributed by atoms with Gasteiger partial charge in [0.1, 0.15) is 0 Å². The highest BCUT2D eigenvalue weighted by Crippen LogP contribution is 2.37. The lowest BCUT2D eigenvalue weighted by molar-refractivity contribution is 0.382. The topological polar surface area (TPSA) is 12.0 Å². The molecule has 0 amide bonds. The third kappa shape index (κ3) is 3.10. The molecule has 1 fully saturated rings. The van der Waals surface area contributed by atoms with Crippen molar-refractivity contribution in [3.8, 4) is 0 Å². The van der Waals surface area contributed by atoms with Crippen LogP contribution in [0.1, 0.15) is 41.9 Å². The molecule has 2 unspecified atom stereocenters. The number of nitrogens with one attached hydrogen (secondary N) is 1. The van der Waals surface area contributed by atoms with Gasteiger partial charge in [-0.15, -0.1) is 22.7 Å². The van der Waals surface area contributed by atoms with Crippen LogP contribution in [-0.4, -0.2) is 12.6 Å². The van der Waals surface area contributed by atoms with Crippen molar-refractivity contribution in [2.24, 2.45) is 5.92 Å². The van der Waals surface area contributed by atoms with Crippen LogP contribution in [-0.2, 0) is 0 Å². The summed E-state index contributed by atoms with van der Waals surface area (Å²) in [6.45, 7) is 3.62. The molecule has 19 heavy (non-hydrogen) atoms. The van der Waals surface area contributed by atoms with Gasteiger partial charge in [0.15, 0.2) is 0 Å². The first-order valence-corrected chi connectivity index (χ1v) is 8.90. The van der Waals surface area contributed by atoms with E-state index in [1.54, 1.807) is 0 Å². The van der Waals surface area contributed by atoms with E-state index in [9.17, 15) is 0 Å². The van der Waals surface area contributed by atoms with Crippen molar-refractivity contribution in [1.29, 1.82) is 0 Å². The Balaban J connectivity index is 1.76. The van der Waals surface area contributed by atoms with Crippen LogP contribution in [0.2, 0.25) is 0 Å². The lowest BCUT2D eigenvalue weighted by Crippen LogP contribution is -2.29. The Morgan fingerprint density at radius 1 is 1.21 bits per heavy atom. The molecule has 0 spiro atoms. The second kappa shape index (κ2) is 6.21. The maximum Gasteiger partial charge on any atom is 0.0281 e. The van der Waals surface area contributed by atoms with Gasteiger partial charge < -0.3 is 5.32 Å². The molecular formula is C16H21NS2. The zero-order chi connectivity index (χ0) is 13.1. The third-order valence-corrected chi connectivity index (χ3v) is 6.14. The summed E-state index contributed by atoms with van der Waals surface area (Å²) in [5.41, 5.74) is 0. The number of rotatable bonds is 5. The number of hydrogen-bond donors (Lipinski definition) is 1. The fraction of sp³-hybridized carbons (Fsp3) is 0.500. The number of hydrogen-bond acceptors (Lipinski definition) is 3. The van der Waals surface area contributed by atoms with Gasteiger partial charge in [-0.25, -0.2) is 0 Å². The van der Waals surface area contributed by atoms with Gasteiger partial charge in [0.2, 0.25) is 0 Å². The first-order valence-electron chi connectivity index (χ1n) is 7.15. The molecule has 3 heterocycles. The largest absolute Gasteiger partial charge is 0.314 e. The fourth-order valence-electron chi connectivity index (χ4n) is 3.08. The Bertz CT molecular complexity index is 435. The minimum absolute atomic E-state index is 0.595. The predicted molar refractivity (Wildman–Crippen MR) is 85.3 cm³/mol. The summed E-state index contributed by atoms with van der Waals surface area (Å²) in [4.78, 5) is 3.04. The van der Waals surface area contributed by atoms with E-state index in [2.05, 4.69) is 47.3 Å². The quantitative estimate of drug-likeness (QED) is 0.840. The van der Waals surface area contributed by atoms with Crippen molar-refractivity contribution >= 4 is 22.7 Å². The lowest BCUT2D eigenvalue weighted by Gasteiger charge is -2.24. The Kier molecular flexibility index (Phi) is 4.36. The molecule has 0 saturated carbocycles. The van der Waals surface area contributed by atoms with Gasteiger partial charge in [-0.1, -0.05) is 19.1 Å². The van der Waals surface area contributed by atoms with Crippen LogP contribution in [0.5, 0.6) is 0 Å². The van der Waals surface area contributed by atoms with Crippen LogP contribution in [0.25, 0.3) is 0 Å². The molecule has 2 atom stereocenters. The van der Waals surface area contributed by atoms with Crippen molar-refractivity contribution in [3.63, 3.8) is 0 Å². The van der Waals surface area contributed by atoms with Crippen molar-refractivity contribution < 1.29 is 0 Å². The zero-order valence-electron chi connectivity index (χ0n) is 11.3. The zero-order valence-corrected chi connectivity index (χ0v) is 13.0. The molecule has 1 nitrogen and oxygen atoms in total. The second-order valence-electron chi connectivity index (χ2n) is 5.50. The summed E-state index contributed by atoms with van der Waals surface area (Å²) in [6, 6.07) is 9.67. The monoisotopic (exact) mass is 291 g/mol. The summed E-state index contributed by atoms with van der Waals surface area (Å²) < 4.78 is 0. The van der Waals surface area contributed by atoms with E-state index in [1.165, 1.54) is 35.6 Å². The van der Waals surface area contributed by atoms with E-state index in [0.717, 1.165) is 12.0 Å². The minimum Gasteiger partial charge on any atom is -0.314 e. The van der Waals surface area contributed by atoms with Gasteiger partial charge in [0.05, 0.1) is 0 Å². The summed E-state index contributed by atoms with van der Waals surface area (Å²) in [7, 11) is 0. The Labute approximate surface area is 123 Å². The van der Waals surface area contributed by atoms with Crippen LogP contribution in [0.15, 0.2) is 35.0 Å². The van der Waals surface area contributed by atoms with Crippen LogP contribution in [0, 0.1) is 5.92 Å². The standard InChI is InChI=1S/C16H21NS2/c1-12(14-5-2-8-17-14)11-13(15-6-3-9-18-15)16-7-4-10-19-16/h3-4,6-7,9-10,12-14,17H,2,5,8,11H2,1H3. The second-order valence-corrected chi connectivity index (χ2v) is 7.46. The van der Waals surface area contributed by atoms with Gasteiger partial charge in [0, 0.05) is 21.7 Å².